The molecule has 0 bridgehead atoms. The minimum absolute atomic E-state index is 0.0658. The first kappa shape index (κ1) is 18.8. The van der Waals surface area contributed by atoms with E-state index in [-0.39, 0.29) is 17.7 Å². The van der Waals surface area contributed by atoms with Gasteiger partial charge < -0.3 is 15.8 Å². The molecule has 1 aliphatic heterocycles. The molecule has 148 valence electrons. The molecule has 1 aromatic carbocycles. The standard InChI is InChI=1S/C22H33N3O2/c1-21(2,3)27-20(26)24-18-13-25(14-18)19(12-15-4-5-15)16-6-8-17(9-7-16)22(23)10-11-22/h6-9,15,18-19H,4-5,10-14,23H2,1-3H3,(H,24,26). The molecule has 3 aliphatic rings. The molecule has 0 aromatic heterocycles. The summed E-state index contributed by atoms with van der Waals surface area (Å²) in [4.78, 5) is 14.5. The van der Waals surface area contributed by atoms with Crippen molar-refractivity contribution in [2.24, 2.45) is 11.7 Å². The van der Waals surface area contributed by atoms with Crippen LogP contribution in [0.2, 0.25) is 0 Å². The molecule has 4 rings (SSSR count). The molecule has 1 heterocycles. The van der Waals surface area contributed by atoms with E-state index < -0.39 is 5.60 Å². The zero-order chi connectivity index (χ0) is 19.2. The number of hydrogen-bond donors (Lipinski definition) is 2. The molecular formula is C22H33N3O2. The van der Waals surface area contributed by atoms with E-state index in [0.29, 0.717) is 6.04 Å². The number of rotatable bonds is 6. The third-order valence-electron chi connectivity index (χ3n) is 5.98. The van der Waals surface area contributed by atoms with Crippen LogP contribution in [0.25, 0.3) is 0 Å². The Morgan fingerprint density at radius 1 is 1.26 bits per heavy atom. The Morgan fingerprint density at radius 3 is 2.41 bits per heavy atom. The van der Waals surface area contributed by atoms with Crippen molar-refractivity contribution >= 4 is 6.09 Å². The minimum Gasteiger partial charge on any atom is -0.444 e. The number of carbonyl (C=O) groups is 1. The van der Waals surface area contributed by atoms with Crippen LogP contribution >= 0.6 is 0 Å². The van der Waals surface area contributed by atoms with Crippen molar-refractivity contribution in [2.45, 2.75) is 76.1 Å². The Kier molecular flexibility index (Phi) is 4.71. The number of carbonyl (C=O) groups excluding carboxylic acids is 1. The van der Waals surface area contributed by atoms with Crippen molar-refractivity contribution in [3.8, 4) is 0 Å². The Bertz CT molecular complexity index is 681. The van der Waals surface area contributed by atoms with Gasteiger partial charge in [-0.1, -0.05) is 37.1 Å². The van der Waals surface area contributed by atoms with Crippen LogP contribution in [0.1, 0.15) is 70.0 Å². The Balaban J connectivity index is 1.35. The van der Waals surface area contributed by atoms with Gasteiger partial charge in [0.1, 0.15) is 5.60 Å². The Hall–Kier alpha value is -1.59. The summed E-state index contributed by atoms with van der Waals surface area (Å²) < 4.78 is 5.37. The van der Waals surface area contributed by atoms with Crippen molar-refractivity contribution in [3.05, 3.63) is 35.4 Å². The van der Waals surface area contributed by atoms with Crippen LogP contribution in [0, 0.1) is 5.92 Å². The summed E-state index contributed by atoms with van der Waals surface area (Å²) >= 11 is 0. The van der Waals surface area contributed by atoms with Crippen LogP contribution < -0.4 is 11.1 Å². The first-order valence-electron chi connectivity index (χ1n) is 10.3. The number of hydrogen-bond acceptors (Lipinski definition) is 4. The molecule has 2 aliphatic carbocycles. The molecule has 5 nitrogen and oxygen atoms in total. The number of nitrogens with zero attached hydrogens (tertiary/aromatic N) is 1. The molecule has 1 atom stereocenters. The smallest absolute Gasteiger partial charge is 0.407 e. The van der Waals surface area contributed by atoms with E-state index >= 15 is 0 Å². The number of alkyl carbamates (subject to hydrolysis) is 1. The predicted molar refractivity (Wildman–Crippen MR) is 106 cm³/mol. The van der Waals surface area contributed by atoms with Crippen molar-refractivity contribution in [1.29, 1.82) is 0 Å². The molecule has 3 N–H and O–H groups in total. The van der Waals surface area contributed by atoms with Gasteiger partial charge in [0.2, 0.25) is 0 Å². The van der Waals surface area contributed by atoms with E-state index in [1.165, 1.54) is 30.4 Å². The summed E-state index contributed by atoms with van der Waals surface area (Å²) in [6.07, 6.45) is 5.81. The quantitative estimate of drug-likeness (QED) is 0.800. The second kappa shape index (κ2) is 6.78. The molecule has 5 heteroatoms. The molecule has 1 saturated heterocycles. The zero-order valence-corrected chi connectivity index (χ0v) is 16.8. The lowest BCUT2D eigenvalue weighted by Gasteiger charge is -2.45. The van der Waals surface area contributed by atoms with E-state index in [1.807, 2.05) is 20.8 Å². The van der Waals surface area contributed by atoms with Gasteiger partial charge in [0.15, 0.2) is 0 Å². The maximum Gasteiger partial charge on any atom is 0.407 e. The normalized spacial score (nSPS) is 23.4. The summed E-state index contributed by atoms with van der Waals surface area (Å²) in [7, 11) is 0. The van der Waals surface area contributed by atoms with E-state index in [1.54, 1.807) is 0 Å². The highest BCUT2D eigenvalue weighted by Gasteiger charge is 2.41. The highest BCUT2D eigenvalue weighted by molar-refractivity contribution is 5.68. The summed E-state index contributed by atoms with van der Waals surface area (Å²) in [6, 6.07) is 9.60. The average Bonchev–Trinajstić information content (AvgIpc) is 3.46. The lowest BCUT2D eigenvalue weighted by atomic mass is 9.93. The van der Waals surface area contributed by atoms with Gasteiger partial charge in [-0.2, -0.15) is 0 Å². The summed E-state index contributed by atoms with van der Waals surface area (Å²) in [5.41, 5.74) is 8.46. The van der Waals surface area contributed by atoms with Crippen molar-refractivity contribution < 1.29 is 9.53 Å². The molecular weight excluding hydrogens is 338 g/mol. The largest absolute Gasteiger partial charge is 0.444 e. The van der Waals surface area contributed by atoms with Crippen LogP contribution in [0.3, 0.4) is 0 Å². The molecule has 0 radical (unpaired) electrons. The van der Waals surface area contributed by atoms with Gasteiger partial charge in [-0.3, -0.25) is 4.90 Å². The average molecular weight is 372 g/mol. The van der Waals surface area contributed by atoms with Crippen LogP contribution in [0.15, 0.2) is 24.3 Å². The fourth-order valence-corrected chi connectivity index (χ4v) is 3.96. The van der Waals surface area contributed by atoms with E-state index in [2.05, 4.69) is 34.5 Å². The number of ether oxygens (including phenoxy) is 1. The predicted octanol–water partition coefficient (Wildman–Crippen LogP) is 3.68. The number of benzene rings is 1. The highest BCUT2D eigenvalue weighted by atomic mass is 16.6. The molecule has 0 spiro atoms. The Morgan fingerprint density at radius 2 is 1.89 bits per heavy atom. The third-order valence-corrected chi connectivity index (χ3v) is 5.98. The summed E-state index contributed by atoms with van der Waals surface area (Å²) in [5, 5.41) is 3.00. The van der Waals surface area contributed by atoms with Gasteiger partial charge >= 0.3 is 6.09 Å². The lowest BCUT2D eigenvalue weighted by Crippen LogP contribution is -2.60. The van der Waals surface area contributed by atoms with Crippen LogP contribution in [0.4, 0.5) is 4.79 Å². The fraction of sp³-hybridized carbons (Fsp3) is 0.682. The summed E-state index contributed by atoms with van der Waals surface area (Å²) in [5.74, 6) is 0.858. The minimum atomic E-state index is -0.453. The van der Waals surface area contributed by atoms with Gasteiger partial charge in [0.05, 0.1) is 6.04 Å². The second-order valence-electron chi connectivity index (χ2n) is 9.77. The molecule has 27 heavy (non-hydrogen) atoms. The van der Waals surface area contributed by atoms with Gasteiger partial charge in [-0.05, 0) is 57.1 Å². The molecule has 1 amide bonds. The maximum atomic E-state index is 12.0. The lowest BCUT2D eigenvalue weighted by molar-refractivity contribution is 0.0299. The monoisotopic (exact) mass is 371 g/mol. The topological polar surface area (TPSA) is 67.6 Å². The molecule has 1 aromatic rings. The van der Waals surface area contributed by atoms with Gasteiger partial charge in [0.25, 0.3) is 0 Å². The number of amides is 1. The second-order valence-corrected chi connectivity index (χ2v) is 9.77. The van der Waals surface area contributed by atoms with Crippen LogP contribution in [-0.4, -0.2) is 35.7 Å². The SMILES string of the molecule is CC(C)(C)OC(=O)NC1CN(C(CC2CC2)c2ccc(C3(N)CC3)cc2)C1. The van der Waals surface area contributed by atoms with Crippen LogP contribution in [0.5, 0.6) is 0 Å². The van der Waals surface area contributed by atoms with Gasteiger partial charge in [0, 0.05) is 24.7 Å². The molecule has 2 saturated carbocycles. The number of nitrogens with one attached hydrogen (secondary N) is 1. The van der Waals surface area contributed by atoms with Gasteiger partial charge in [-0.15, -0.1) is 0 Å². The van der Waals surface area contributed by atoms with Crippen molar-refractivity contribution in [1.82, 2.24) is 10.2 Å². The van der Waals surface area contributed by atoms with E-state index in [0.717, 1.165) is 31.8 Å². The Labute approximate surface area is 162 Å². The van der Waals surface area contributed by atoms with Crippen LogP contribution in [-0.2, 0) is 10.3 Å². The first-order chi connectivity index (χ1) is 12.7. The fourth-order valence-electron chi connectivity index (χ4n) is 3.96. The summed E-state index contributed by atoms with van der Waals surface area (Å²) in [6.45, 7) is 7.45. The molecule has 1 unspecified atom stereocenters. The van der Waals surface area contributed by atoms with Gasteiger partial charge in [-0.25, -0.2) is 4.79 Å². The van der Waals surface area contributed by atoms with Crippen molar-refractivity contribution in [2.75, 3.05) is 13.1 Å². The number of likely N-dealkylation sites (tertiary alicyclic amines) is 1. The third kappa shape index (κ3) is 4.64. The number of nitrogens with two attached hydrogens (primary N) is 1. The van der Waals surface area contributed by atoms with E-state index in [9.17, 15) is 4.79 Å². The highest BCUT2D eigenvalue weighted by Crippen LogP contribution is 2.44. The molecule has 3 fully saturated rings. The van der Waals surface area contributed by atoms with E-state index in [4.69, 9.17) is 10.5 Å². The zero-order valence-electron chi connectivity index (χ0n) is 16.8. The maximum absolute atomic E-state index is 12.0. The van der Waals surface area contributed by atoms with Crippen molar-refractivity contribution in [3.63, 3.8) is 0 Å². The first-order valence-corrected chi connectivity index (χ1v) is 10.3.